The van der Waals surface area contributed by atoms with Crippen LogP contribution in [0.4, 0.5) is 9.18 Å². The minimum absolute atomic E-state index is 0.0611. The Labute approximate surface area is 201 Å². The highest BCUT2D eigenvalue weighted by atomic mass is 19.1. The number of ether oxygens (including phenoxy) is 2. The normalized spacial score (nSPS) is 10.8. The van der Waals surface area contributed by atoms with Gasteiger partial charge in [0.1, 0.15) is 35.1 Å². The topological polar surface area (TPSA) is 98.0 Å². The van der Waals surface area contributed by atoms with Crippen molar-refractivity contribution in [3.05, 3.63) is 89.2 Å². The molecule has 0 fully saturated rings. The van der Waals surface area contributed by atoms with Gasteiger partial charge in [0, 0.05) is 23.6 Å². The molecule has 35 heavy (non-hydrogen) atoms. The SMILES string of the molecule is CCOC(=O)c1c(-c2ccc(F)cc2)oc2cc(O)cc(CCNC(=O)OCc3ccccc3)c12. The Hall–Kier alpha value is -4.33. The number of alkyl carbamates (subject to hydrolysis) is 1. The average molecular weight is 477 g/mol. The highest BCUT2D eigenvalue weighted by molar-refractivity contribution is 6.10. The van der Waals surface area contributed by atoms with Crippen LogP contribution in [0.2, 0.25) is 0 Å². The van der Waals surface area contributed by atoms with E-state index in [-0.39, 0.29) is 48.8 Å². The van der Waals surface area contributed by atoms with Crippen LogP contribution in [0, 0.1) is 5.82 Å². The summed E-state index contributed by atoms with van der Waals surface area (Å²) in [5, 5.41) is 13.4. The van der Waals surface area contributed by atoms with Gasteiger partial charge in [0.05, 0.1) is 6.61 Å². The molecule has 7 nitrogen and oxygen atoms in total. The second kappa shape index (κ2) is 10.7. The van der Waals surface area contributed by atoms with Crippen molar-refractivity contribution in [2.45, 2.75) is 20.0 Å². The van der Waals surface area contributed by atoms with Crippen LogP contribution in [0.25, 0.3) is 22.3 Å². The summed E-state index contributed by atoms with van der Waals surface area (Å²) in [6.45, 7) is 2.16. The number of amides is 1. The number of nitrogens with one attached hydrogen (secondary N) is 1. The molecule has 0 atom stereocenters. The standard InChI is InChI=1S/C27H24FNO6/c1-2-33-26(31)24-23-19(12-13-29-27(32)34-16-17-6-4-3-5-7-17)14-21(30)15-22(23)35-25(24)18-8-10-20(28)11-9-18/h3-11,14-15,30H,2,12-13,16H2,1H3,(H,29,32). The first kappa shape index (κ1) is 23.8. The number of carbonyl (C=O) groups is 2. The van der Waals surface area contributed by atoms with Crippen LogP contribution in [0.5, 0.6) is 5.75 Å². The predicted octanol–water partition coefficient (Wildman–Crippen LogP) is 5.59. The third-order valence-electron chi connectivity index (χ3n) is 5.32. The van der Waals surface area contributed by atoms with Crippen LogP contribution in [0.15, 0.2) is 71.1 Å². The number of furan rings is 1. The van der Waals surface area contributed by atoms with Gasteiger partial charge in [0.25, 0.3) is 0 Å². The number of fused-ring (bicyclic) bond motifs is 1. The molecule has 3 aromatic carbocycles. The van der Waals surface area contributed by atoms with Crippen LogP contribution >= 0.6 is 0 Å². The second-order valence-electron chi connectivity index (χ2n) is 7.75. The molecule has 0 aliphatic carbocycles. The maximum Gasteiger partial charge on any atom is 0.407 e. The summed E-state index contributed by atoms with van der Waals surface area (Å²) in [5.74, 6) is -0.881. The van der Waals surface area contributed by atoms with Crippen LogP contribution in [-0.2, 0) is 22.5 Å². The number of hydrogen-bond donors (Lipinski definition) is 2. The van der Waals surface area contributed by atoms with Crippen molar-refractivity contribution in [3.8, 4) is 17.1 Å². The average Bonchev–Trinajstić information content (AvgIpc) is 3.23. The fraction of sp³-hybridized carbons (Fsp3) is 0.185. The third kappa shape index (κ3) is 5.60. The fourth-order valence-corrected chi connectivity index (χ4v) is 3.77. The number of aromatic hydroxyl groups is 1. The quantitative estimate of drug-likeness (QED) is 0.321. The van der Waals surface area contributed by atoms with E-state index >= 15 is 0 Å². The third-order valence-corrected chi connectivity index (χ3v) is 5.32. The highest BCUT2D eigenvalue weighted by Gasteiger charge is 2.26. The van der Waals surface area contributed by atoms with E-state index in [1.807, 2.05) is 30.3 Å². The monoisotopic (exact) mass is 477 g/mol. The van der Waals surface area contributed by atoms with Crippen LogP contribution < -0.4 is 5.32 Å². The van der Waals surface area contributed by atoms with Crippen molar-refractivity contribution in [1.82, 2.24) is 5.32 Å². The lowest BCUT2D eigenvalue weighted by Crippen LogP contribution is -2.26. The van der Waals surface area contributed by atoms with Crippen molar-refractivity contribution in [2.75, 3.05) is 13.2 Å². The van der Waals surface area contributed by atoms with Gasteiger partial charge >= 0.3 is 12.1 Å². The van der Waals surface area contributed by atoms with Gasteiger partial charge in [-0.1, -0.05) is 30.3 Å². The maximum atomic E-state index is 13.5. The Balaban J connectivity index is 1.59. The van der Waals surface area contributed by atoms with Gasteiger partial charge in [0.2, 0.25) is 0 Å². The van der Waals surface area contributed by atoms with Crippen molar-refractivity contribution < 1.29 is 33.0 Å². The van der Waals surface area contributed by atoms with E-state index in [0.717, 1.165) is 5.56 Å². The zero-order chi connectivity index (χ0) is 24.8. The van der Waals surface area contributed by atoms with E-state index in [9.17, 15) is 19.1 Å². The fourth-order valence-electron chi connectivity index (χ4n) is 3.77. The molecule has 0 spiro atoms. The molecule has 0 aliphatic heterocycles. The Bertz CT molecular complexity index is 1330. The van der Waals surface area contributed by atoms with Crippen LogP contribution in [0.1, 0.15) is 28.4 Å². The maximum absolute atomic E-state index is 13.5. The number of phenols is 1. The summed E-state index contributed by atoms with van der Waals surface area (Å²) >= 11 is 0. The zero-order valence-corrected chi connectivity index (χ0v) is 19.0. The van der Waals surface area contributed by atoms with Gasteiger partial charge in [0.15, 0.2) is 0 Å². The molecule has 180 valence electrons. The molecule has 0 saturated carbocycles. The number of carbonyl (C=O) groups excluding carboxylic acids is 2. The molecule has 2 N–H and O–H groups in total. The van der Waals surface area contributed by atoms with Gasteiger partial charge in [-0.25, -0.2) is 14.0 Å². The predicted molar refractivity (Wildman–Crippen MR) is 128 cm³/mol. The summed E-state index contributed by atoms with van der Waals surface area (Å²) < 4.78 is 29.9. The molecule has 0 unspecified atom stereocenters. The van der Waals surface area contributed by atoms with Gasteiger partial charge in [-0.15, -0.1) is 0 Å². The zero-order valence-electron chi connectivity index (χ0n) is 19.0. The molecule has 0 saturated heterocycles. The lowest BCUT2D eigenvalue weighted by molar-refractivity contribution is 0.0528. The Morgan fingerprint density at radius 2 is 1.77 bits per heavy atom. The lowest BCUT2D eigenvalue weighted by atomic mass is 9.99. The van der Waals surface area contributed by atoms with E-state index in [1.54, 1.807) is 6.92 Å². The van der Waals surface area contributed by atoms with E-state index in [4.69, 9.17) is 13.9 Å². The number of rotatable bonds is 8. The van der Waals surface area contributed by atoms with E-state index in [2.05, 4.69) is 5.32 Å². The van der Waals surface area contributed by atoms with Crippen molar-refractivity contribution in [2.24, 2.45) is 0 Å². The Morgan fingerprint density at radius 3 is 2.49 bits per heavy atom. The van der Waals surface area contributed by atoms with Gasteiger partial charge in [-0.3, -0.25) is 0 Å². The van der Waals surface area contributed by atoms with Gasteiger partial charge < -0.3 is 24.3 Å². The van der Waals surface area contributed by atoms with Crippen LogP contribution in [-0.4, -0.2) is 30.3 Å². The second-order valence-corrected chi connectivity index (χ2v) is 7.75. The first-order valence-corrected chi connectivity index (χ1v) is 11.1. The minimum Gasteiger partial charge on any atom is -0.508 e. The Morgan fingerprint density at radius 1 is 1.03 bits per heavy atom. The number of esters is 1. The summed E-state index contributed by atoms with van der Waals surface area (Å²) in [5.41, 5.74) is 2.37. The number of halogens is 1. The van der Waals surface area contributed by atoms with Crippen molar-refractivity contribution in [3.63, 3.8) is 0 Å². The largest absolute Gasteiger partial charge is 0.508 e. The molecule has 0 aliphatic rings. The number of hydrogen-bond acceptors (Lipinski definition) is 6. The molecule has 1 heterocycles. The molecule has 4 rings (SSSR count). The van der Waals surface area contributed by atoms with Crippen molar-refractivity contribution >= 4 is 23.0 Å². The smallest absolute Gasteiger partial charge is 0.407 e. The minimum atomic E-state index is -0.604. The molecule has 8 heteroatoms. The molecule has 1 amide bonds. The highest BCUT2D eigenvalue weighted by Crippen LogP contribution is 2.38. The summed E-state index contributed by atoms with van der Waals surface area (Å²) in [4.78, 5) is 25.0. The lowest BCUT2D eigenvalue weighted by Gasteiger charge is -2.09. The number of benzene rings is 3. The van der Waals surface area contributed by atoms with Crippen molar-refractivity contribution in [1.29, 1.82) is 0 Å². The molecule has 0 bridgehead atoms. The summed E-state index contributed by atoms with van der Waals surface area (Å²) in [6.07, 6.45) is -0.310. The molecular weight excluding hydrogens is 453 g/mol. The van der Waals surface area contributed by atoms with E-state index < -0.39 is 17.9 Å². The van der Waals surface area contributed by atoms with E-state index in [1.165, 1.54) is 36.4 Å². The number of phenolic OH excluding ortho intramolecular Hbond substituents is 1. The first-order valence-electron chi connectivity index (χ1n) is 11.1. The first-order chi connectivity index (χ1) is 17.0. The van der Waals surface area contributed by atoms with Gasteiger partial charge in [-0.2, -0.15) is 0 Å². The molecular formula is C27H24FNO6. The Kier molecular flexibility index (Phi) is 7.30. The molecule has 0 radical (unpaired) electrons. The molecule has 4 aromatic rings. The van der Waals surface area contributed by atoms with Crippen LogP contribution in [0.3, 0.4) is 0 Å². The molecule has 1 aromatic heterocycles. The van der Waals surface area contributed by atoms with Gasteiger partial charge in [-0.05, 0) is 54.8 Å². The van der Waals surface area contributed by atoms with E-state index in [0.29, 0.717) is 16.5 Å². The summed E-state index contributed by atoms with van der Waals surface area (Å²) in [6, 6.07) is 17.7. The summed E-state index contributed by atoms with van der Waals surface area (Å²) in [7, 11) is 0.